The van der Waals surface area contributed by atoms with Gasteiger partial charge in [-0.15, -0.1) is 0 Å². The molecule has 0 aliphatic heterocycles. The van der Waals surface area contributed by atoms with Crippen LogP contribution in [0.3, 0.4) is 0 Å². The molecule has 3 rings (SSSR count). The normalized spacial score (nSPS) is 10.7. The highest BCUT2D eigenvalue weighted by molar-refractivity contribution is 5.89. The van der Waals surface area contributed by atoms with Crippen LogP contribution >= 0.6 is 0 Å². The molecule has 0 saturated heterocycles. The van der Waals surface area contributed by atoms with Crippen LogP contribution in [0.5, 0.6) is 0 Å². The van der Waals surface area contributed by atoms with Gasteiger partial charge in [0.25, 0.3) is 6.43 Å². The van der Waals surface area contributed by atoms with E-state index in [1.165, 1.54) is 6.07 Å². The third kappa shape index (κ3) is 5.93. The van der Waals surface area contributed by atoms with Gasteiger partial charge < -0.3 is 0 Å². The zero-order valence-electron chi connectivity index (χ0n) is 16.5. The number of carbonyl (C=O) groups excluding carboxylic acids is 1. The molecule has 0 amide bonds. The number of carbonyl (C=O) groups is 1. The molecular formula is C23H16F8O. The van der Waals surface area contributed by atoms with Crippen LogP contribution in [0.2, 0.25) is 0 Å². The lowest BCUT2D eigenvalue weighted by Crippen LogP contribution is -1.96. The van der Waals surface area contributed by atoms with Crippen molar-refractivity contribution in [3.8, 4) is 11.1 Å². The molecule has 32 heavy (non-hydrogen) atoms. The van der Waals surface area contributed by atoms with Gasteiger partial charge in [-0.3, -0.25) is 4.79 Å². The Morgan fingerprint density at radius 2 is 1.50 bits per heavy atom. The first-order valence-electron chi connectivity index (χ1n) is 9.26. The lowest BCUT2D eigenvalue weighted by Gasteiger charge is -2.07. The van der Waals surface area contributed by atoms with E-state index in [9.17, 15) is 39.9 Å². The molecule has 0 fully saturated rings. The standard InChI is InChI=1S/C14H7F5O.C9H9F3/c15-11-6-8(14(19)20)2-3-9(11)7-1-4-10(13(17)18)12(16)5-7;1-2-3-6-4-5-7(10)9(12)8(6)11/h1-6,13H;4-5H,2-3H2,1H3. The average molecular weight is 460 g/mol. The van der Waals surface area contributed by atoms with Crippen LogP contribution in [0.4, 0.5) is 35.1 Å². The highest BCUT2D eigenvalue weighted by Gasteiger charge is 2.16. The van der Waals surface area contributed by atoms with Gasteiger partial charge in [-0.1, -0.05) is 31.5 Å². The van der Waals surface area contributed by atoms with Crippen LogP contribution in [0, 0.1) is 29.1 Å². The van der Waals surface area contributed by atoms with Crippen LogP contribution in [-0.4, -0.2) is 6.04 Å². The lowest BCUT2D eigenvalue weighted by molar-refractivity contribution is 0.0835. The SMILES string of the molecule is CCCc1ccc(F)c(F)c1F.O=C(F)c1ccc(-c2ccc(C(F)F)c(F)c2)c(F)c1. The molecular weight excluding hydrogens is 444 g/mol. The Morgan fingerprint density at radius 3 is 2.03 bits per heavy atom. The van der Waals surface area contributed by atoms with Gasteiger partial charge in [0.1, 0.15) is 11.6 Å². The summed E-state index contributed by atoms with van der Waals surface area (Å²) in [5.74, 6) is -5.68. The number of hydrogen-bond donors (Lipinski definition) is 0. The Bertz CT molecular complexity index is 1110. The Kier molecular flexibility index (Phi) is 8.51. The zero-order valence-corrected chi connectivity index (χ0v) is 16.5. The predicted molar refractivity (Wildman–Crippen MR) is 103 cm³/mol. The molecule has 170 valence electrons. The summed E-state index contributed by atoms with van der Waals surface area (Å²) in [4.78, 5) is 10.4. The Morgan fingerprint density at radius 1 is 0.812 bits per heavy atom. The summed E-state index contributed by atoms with van der Waals surface area (Å²) in [5.41, 5.74) is -1.13. The summed E-state index contributed by atoms with van der Waals surface area (Å²) in [6.07, 6.45) is -1.83. The minimum absolute atomic E-state index is 0.0160. The fraction of sp³-hybridized carbons (Fsp3) is 0.174. The molecule has 0 atom stereocenters. The molecule has 0 N–H and O–H groups in total. The topological polar surface area (TPSA) is 17.1 Å². The number of halogens is 8. The quantitative estimate of drug-likeness (QED) is 0.216. The van der Waals surface area contributed by atoms with E-state index >= 15 is 0 Å². The smallest absolute Gasteiger partial charge is 0.255 e. The second kappa shape index (κ2) is 10.9. The first-order valence-corrected chi connectivity index (χ1v) is 9.26. The van der Waals surface area contributed by atoms with E-state index < -0.39 is 52.7 Å². The highest BCUT2D eigenvalue weighted by Crippen LogP contribution is 2.29. The highest BCUT2D eigenvalue weighted by atomic mass is 19.3. The molecule has 0 bridgehead atoms. The number of rotatable bonds is 5. The maximum Gasteiger partial charge on any atom is 0.332 e. The minimum atomic E-state index is -2.97. The number of aryl methyl sites for hydroxylation is 1. The van der Waals surface area contributed by atoms with Crippen molar-refractivity contribution >= 4 is 6.04 Å². The van der Waals surface area contributed by atoms with E-state index in [1.54, 1.807) is 0 Å². The molecule has 0 aliphatic rings. The van der Waals surface area contributed by atoms with Crippen LogP contribution in [0.25, 0.3) is 11.1 Å². The van der Waals surface area contributed by atoms with Crippen molar-refractivity contribution in [2.24, 2.45) is 0 Å². The van der Waals surface area contributed by atoms with Gasteiger partial charge in [0.15, 0.2) is 17.5 Å². The molecule has 0 aromatic heterocycles. The van der Waals surface area contributed by atoms with E-state index in [0.717, 1.165) is 36.4 Å². The Balaban J connectivity index is 0.000000258. The fourth-order valence-corrected chi connectivity index (χ4v) is 2.77. The molecule has 0 heterocycles. The van der Waals surface area contributed by atoms with Gasteiger partial charge in [-0.2, -0.15) is 4.39 Å². The van der Waals surface area contributed by atoms with E-state index in [4.69, 9.17) is 0 Å². The van der Waals surface area contributed by atoms with Crippen molar-refractivity contribution in [2.75, 3.05) is 0 Å². The lowest BCUT2D eigenvalue weighted by atomic mass is 10.0. The summed E-state index contributed by atoms with van der Waals surface area (Å²) in [6.45, 7) is 1.85. The maximum absolute atomic E-state index is 13.7. The van der Waals surface area contributed by atoms with Crippen LogP contribution in [0.1, 0.15) is 41.3 Å². The molecule has 0 aliphatic carbocycles. The van der Waals surface area contributed by atoms with Crippen molar-refractivity contribution < 1.29 is 39.9 Å². The fourth-order valence-electron chi connectivity index (χ4n) is 2.77. The number of benzene rings is 3. The van der Waals surface area contributed by atoms with Crippen molar-refractivity contribution in [1.82, 2.24) is 0 Å². The van der Waals surface area contributed by atoms with Crippen molar-refractivity contribution in [3.05, 3.63) is 94.3 Å². The van der Waals surface area contributed by atoms with Crippen molar-refractivity contribution in [2.45, 2.75) is 26.2 Å². The molecule has 0 unspecified atom stereocenters. The molecule has 3 aromatic carbocycles. The molecule has 0 spiro atoms. The van der Waals surface area contributed by atoms with Gasteiger partial charge >= 0.3 is 6.04 Å². The average Bonchev–Trinajstić information content (AvgIpc) is 2.74. The van der Waals surface area contributed by atoms with Gasteiger partial charge in [0.2, 0.25) is 0 Å². The van der Waals surface area contributed by atoms with E-state index in [-0.39, 0.29) is 16.7 Å². The maximum atomic E-state index is 13.7. The summed E-state index contributed by atoms with van der Waals surface area (Å²) < 4.78 is 102. The first kappa shape index (κ1) is 25.0. The third-order valence-electron chi connectivity index (χ3n) is 4.38. The molecule has 3 aromatic rings. The summed E-state index contributed by atoms with van der Waals surface area (Å²) in [7, 11) is 0. The Hall–Kier alpha value is -3.23. The van der Waals surface area contributed by atoms with Crippen molar-refractivity contribution in [3.63, 3.8) is 0 Å². The second-order valence-corrected chi connectivity index (χ2v) is 6.59. The molecule has 0 radical (unpaired) electrons. The molecule has 1 nitrogen and oxygen atoms in total. The summed E-state index contributed by atoms with van der Waals surface area (Å²) in [6, 6.07) is 5.94. The molecule has 0 saturated carbocycles. The van der Waals surface area contributed by atoms with Crippen LogP contribution in [-0.2, 0) is 6.42 Å². The largest absolute Gasteiger partial charge is 0.332 e. The number of hydrogen-bond acceptors (Lipinski definition) is 1. The van der Waals surface area contributed by atoms with E-state index in [0.29, 0.717) is 18.9 Å². The van der Waals surface area contributed by atoms with E-state index in [2.05, 4.69) is 0 Å². The van der Waals surface area contributed by atoms with Gasteiger partial charge in [0, 0.05) is 5.56 Å². The first-order chi connectivity index (χ1) is 15.1. The predicted octanol–water partition coefficient (Wildman–Crippen LogP) is 7.74. The second-order valence-electron chi connectivity index (χ2n) is 6.59. The van der Waals surface area contributed by atoms with Gasteiger partial charge in [-0.25, -0.2) is 30.7 Å². The van der Waals surface area contributed by atoms with Gasteiger partial charge in [0.05, 0.1) is 11.1 Å². The Labute approximate surface area is 178 Å². The third-order valence-corrected chi connectivity index (χ3v) is 4.38. The van der Waals surface area contributed by atoms with Crippen molar-refractivity contribution in [1.29, 1.82) is 0 Å². The monoisotopic (exact) mass is 460 g/mol. The summed E-state index contributed by atoms with van der Waals surface area (Å²) in [5, 5.41) is 0. The van der Waals surface area contributed by atoms with Crippen LogP contribution in [0.15, 0.2) is 48.5 Å². The van der Waals surface area contributed by atoms with E-state index in [1.807, 2.05) is 6.92 Å². The molecule has 9 heteroatoms. The number of alkyl halides is 2. The zero-order chi connectivity index (χ0) is 24.0. The van der Waals surface area contributed by atoms with Gasteiger partial charge in [-0.05, 0) is 47.9 Å². The minimum Gasteiger partial charge on any atom is -0.255 e. The summed E-state index contributed by atoms with van der Waals surface area (Å²) >= 11 is 0. The van der Waals surface area contributed by atoms with Crippen LogP contribution < -0.4 is 0 Å².